The number of halogens is 1. The van der Waals surface area contributed by atoms with Crippen molar-refractivity contribution in [3.8, 4) is 0 Å². The van der Waals surface area contributed by atoms with E-state index in [1.54, 1.807) is 17.0 Å². The molecule has 1 saturated heterocycles. The molecule has 1 atom stereocenters. The van der Waals surface area contributed by atoms with Gasteiger partial charge in [-0.15, -0.1) is 0 Å². The summed E-state index contributed by atoms with van der Waals surface area (Å²) in [6.45, 7) is 1.20. The van der Waals surface area contributed by atoms with Gasteiger partial charge in [0.15, 0.2) is 0 Å². The highest BCUT2D eigenvalue weighted by molar-refractivity contribution is 5.94. The maximum absolute atomic E-state index is 13.4. The molecule has 1 fully saturated rings. The third-order valence-corrected chi connectivity index (χ3v) is 2.94. The molecule has 0 aliphatic carbocycles. The first-order valence-electron chi connectivity index (χ1n) is 5.37. The summed E-state index contributed by atoms with van der Waals surface area (Å²) in [5.41, 5.74) is 0.112. The number of carbonyl (C=O) groups excluding carboxylic acids is 1. The second-order valence-corrected chi connectivity index (χ2v) is 4.07. The van der Waals surface area contributed by atoms with Gasteiger partial charge < -0.3 is 10.0 Å². The molecule has 2 rings (SSSR count). The molecule has 1 heterocycles. The fraction of sp³-hybridized carbons (Fsp3) is 0.417. The number of aliphatic hydroxyl groups is 1. The number of rotatable bonds is 2. The number of carbonyl (C=O) groups is 1. The van der Waals surface area contributed by atoms with Crippen LogP contribution >= 0.6 is 0 Å². The van der Waals surface area contributed by atoms with Crippen LogP contribution in [0.4, 0.5) is 4.39 Å². The van der Waals surface area contributed by atoms with Crippen molar-refractivity contribution in [2.24, 2.45) is 5.92 Å². The zero-order chi connectivity index (χ0) is 11.5. The Labute approximate surface area is 93.5 Å². The second kappa shape index (κ2) is 4.61. The topological polar surface area (TPSA) is 40.5 Å². The number of amides is 1. The van der Waals surface area contributed by atoms with Crippen LogP contribution in [0.1, 0.15) is 16.8 Å². The number of likely N-dealkylation sites (tertiary alicyclic amines) is 1. The minimum atomic E-state index is -0.486. The van der Waals surface area contributed by atoms with Crippen LogP contribution in [0.25, 0.3) is 0 Å². The van der Waals surface area contributed by atoms with E-state index in [1.165, 1.54) is 12.1 Å². The van der Waals surface area contributed by atoms with Crippen molar-refractivity contribution < 1.29 is 14.3 Å². The highest BCUT2D eigenvalue weighted by Crippen LogP contribution is 2.19. The van der Waals surface area contributed by atoms with Crippen LogP contribution in [0.15, 0.2) is 24.3 Å². The fourth-order valence-corrected chi connectivity index (χ4v) is 1.97. The van der Waals surface area contributed by atoms with Crippen LogP contribution in [0.5, 0.6) is 0 Å². The van der Waals surface area contributed by atoms with Crippen LogP contribution in [0, 0.1) is 11.7 Å². The minimum Gasteiger partial charge on any atom is -0.396 e. The summed E-state index contributed by atoms with van der Waals surface area (Å²) < 4.78 is 13.4. The Kier molecular flexibility index (Phi) is 3.19. The molecule has 0 bridgehead atoms. The molecule has 1 aromatic carbocycles. The zero-order valence-electron chi connectivity index (χ0n) is 8.90. The molecule has 1 aliphatic heterocycles. The van der Waals surface area contributed by atoms with Crippen molar-refractivity contribution in [2.75, 3.05) is 19.7 Å². The van der Waals surface area contributed by atoms with Gasteiger partial charge in [0.05, 0.1) is 5.56 Å². The van der Waals surface area contributed by atoms with E-state index in [4.69, 9.17) is 5.11 Å². The Morgan fingerprint density at radius 3 is 2.88 bits per heavy atom. The van der Waals surface area contributed by atoms with Gasteiger partial charge in [0.25, 0.3) is 5.91 Å². The Hall–Kier alpha value is -1.42. The lowest BCUT2D eigenvalue weighted by molar-refractivity contribution is 0.0777. The van der Waals surface area contributed by atoms with Crippen molar-refractivity contribution in [3.05, 3.63) is 35.6 Å². The molecule has 0 saturated carbocycles. The van der Waals surface area contributed by atoms with E-state index < -0.39 is 5.82 Å². The van der Waals surface area contributed by atoms with Crippen LogP contribution < -0.4 is 0 Å². The molecule has 16 heavy (non-hydrogen) atoms. The molecule has 1 aromatic rings. The van der Waals surface area contributed by atoms with Crippen molar-refractivity contribution in [2.45, 2.75) is 6.42 Å². The van der Waals surface area contributed by atoms with Gasteiger partial charge in [-0.05, 0) is 18.6 Å². The molecule has 3 nitrogen and oxygen atoms in total. The third kappa shape index (κ3) is 2.07. The van der Waals surface area contributed by atoms with E-state index in [1.807, 2.05) is 0 Å². The van der Waals surface area contributed by atoms with E-state index in [0.29, 0.717) is 13.1 Å². The summed E-state index contributed by atoms with van der Waals surface area (Å²) in [6, 6.07) is 5.99. The average molecular weight is 223 g/mol. The number of nitrogens with zero attached hydrogens (tertiary/aromatic N) is 1. The first-order valence-corrected chi connectivity index (χ1v) is 5.37. The van der Waals surface area contributed by atoms with Crippen molar-refractivity contribution >= 4 is 5.91 Å². The van der Waals surface area contributed by atoms with E-state index in [2.05, 4.69) is 0 Å². The first kappa shape index (κ1) is 11.1. The highest BCUT2D eigenvalue weighted by atomic mass is 19.1. The maximum Gasteiger partial charge on any atom is 0.256 e. The molecule has 0 aromatic heterocycles. The molecule has 1 aliphatic rings. The normalized spacial score (nSPS) is 20.1. The predicted molar refractivity (Wildman–Crippen MR) is 57.5 cm³/mol. The molecule has 4 heteroatoms. The first-order chi connectivity index (χ1) is 7.72. The van der Waals surface area contributed by atoms with E-state index in [-0.39, 0.29) is 24.0 Å². The molecular formula is C12H14FNO2. The van der Waals surface area contributed by atoms with Crippen LogP contribution in [0.2, 0.25) is 0 Å². The monoisotopic (exact) mass is 223 g/mol. The second-order valence-electron chi connectivity index (χ2n) is 4.07. The number of benzene rings is 1. The quantitative estimate of drug-likeness (QED) is 0.820. The van der Waals surface area contributed by atoms with E-state index >= 15 is 0 Å². The lowest BCUT2D eigenvalue weighted by Crippen LogP contribution is -2.29. The van der Waals surface area contributed by atoms with Gasteiger partial charge in [0.1, 0.15) is 5.82 Å². The van der Waals surface area contributed by atoms with Gasteiger partial charge in [-0.1, -0.05) is 12.1 Å². The molecule has 86 valence electrons. The van der Waals surface area contributed by atoms with Crippen LogP contribution in [0.3, 0.4) is 0 Å². The molecule has 0 radical (unpaired) electrons. The summed E-state index contributed by atoms with van der Waals surface area (Å²) in [6.07, 6.45) is 0.788. The van der Waals surface area contributed by atoms with Gasteiger partial charge in [0, 0.05) is 25.6 Å². The van der Waals surface area contributed by atoms with Gasteiger partial charge in [-0.25, -0.2) is 4.39 Å². The Morgan fingerprint density at radius 2 is 2.25 bits per heavy atom. The summed E-state index contributed by atoms with van der Waals surface area (Å²) in [5.74, 6) is -0.635. The SMILES string of the molecule is O=C(c1ccccc1F)N1CC[C@H](CO)C1. The lowest BCUT2D eigenvalue weighted by Gasteiger charge is -2.16. The fourth-order valence-electron chi connectivity index (χ4n) is 1.97. The molecule has 1 N–H and O–H groups in total. The Balaban J connectivity index is 2.12. The number of aliphatic hydroxyl groups excluding tert-OH is 1. The molecule has 0 unspecified atom stereocenters. The van der Waals surface area contributed by atoms with E-state index in [0.717, 1.165) is 6.42 Å². The third-order valence-electron chi connectivity index (χ3n) is 2.94. The summed E-state index contributed by atoms with van der Waals surface area (Å²) >= 11 is 0. The van der Waals surface area contributed by atoms with Gasteiger partial charge >= 0.3 is 0 Å². The summed E-state index contributed by atoms with van der Waals surface area (Å²) in [7, 11) is 0. The zero-order valence-corrected chi connectivity index (χ0v) is 8.90. The molecule has 0 spiro atoms. The maximum atomic E-state index is 13.4. The summed E-state index contributed by atoms with van der Waals surface area (Å²) in [5, 5.41) is 8.98. The van der Waals surface area contributed by atoms with Gasteiger partial charge in [0.2, 0.25) is 0 Å². The Bertz CT molecular complexity index is 394. The average Bonchev–Trinajstić information content (AvgIpc) is 2.77. The van der Waals surface area contributed by atoms with Gasteiger partial charge in [-0.3, -0.25) is 4.79 Å². The van der Waals surface area contributed by atoms with Crippen molar-refractivity contribution in [1.82, 2.24) is 4.90 Å². The molecular weight excluding hydrogens is 209 g/mol. The smallest absolute Gasteiger partial charge is 0.256 e. The van der Waals surface area contributed by atoms with Gasteiger partial charge in [-0.2, -0.15) is 0 Å². The lowest BCUT2D eigenvalue weighted by atomic mass is 10.1. The minimum absolute atomic E-state index is 0.0844. The number of hydrogen-bond acceptors (Lipinski definition) is 2. The predicted octanol–water partition coefficient (Wildman–Crippen LogP) is 1.28. The highest BCUT2D eigenvalue weighted by Gasteiger charge is 2.27. The summed E-state index contributed by atoms with van der Waals surface area (Å²) in [4.78, 5) is 13.5. The van der Waals surface area contributed by atoms with Crippen LogP contribution in [-0.4, -0.2) is 35.6 Å². The van der Waals surface area contributed by atoms with Crippen molar-refractivity contribution in [1.29, 1.82) is 0 Å². The standard InChI is InChI=1S/C12H14FNO2/c13-11-4-2-1-3-10(11)12(16)14-6-5-9(7-14)8-15/h1-4,9,15H,5-8H2/t9-/m0/s1. The van der Waals surface area contributed by atoms with Crippen molar-refractivity contribution in [3.63, 3.8) is 0 Å². The Morgan fingerprint density at radius 1 is 1.50 bits per heavy atom. The van der Waals surface area contributed by atoms with E-state index in [9.17, 15) is 9.18 Å². The van der Waals surface area contributed by atoms with Crippen LogP contribution in [-0.2, 0) is 0 Å². The number of hydrogen-bond donors (Lipinski definition) is 1. The largest absolute Gasteiger partial charge is 0.396 e. The molecule has 1 amide bonds.